The second-order valence-corrected chi connectivity index (χ2v) is 6.14. The lowest BCUT2D eigenvalue weighted by Gasteiger charge is -2.31. The van der Waals surface area contributed by atoms with Crippen LogP contribution in [0.5, 0.6) is 5.75 Å². The molecule has 0 bridgehead atoms. The molecule has 6 heteroatoms. The van der Waals surface area contributed by atoms with Gasteiger partial charge in [-0.05, 0) is 31.3 Å². The van der Waals surface area contributed by atoms with Crippen molar-refractivity contribution in [2.24, 2.45) is 0 Å². The van der Waals surface area contributed by atoms with Gasteiger partial charge in [0.15, 0.2) is 0 Å². The number of likely N-dealkylation sites (N-methyl/N-ethyl adjacent to an activating group) is 1. The number of sulfonamides is 1. The Morgan fingerprint density at radius 3 is 2.12 bits per heavy atom. The molecule has 0 atom stereocenters. The zero-order valence-electron chi connectivity index (χ0n) is 9.70. The topological polar surface area (TPSA) is 60.9 Å². The summed E-state index contributed by atoms with van der Waals surface area (Å²) in [6, 6.07) is 5.65. The molecule has 2 rings (SSSR count). The highest BCUT2D eigenvalue weighted by molar-refractivity contribution is 7.89. The molecule has 1 aliphatic rings. The maximum atomic E-state index is 12.2. The highest BCUT2D eigenvalue weighted by Crippen LogP contribution is 2.19. The average Bonchev–Trinajstić information content (AvgIpc) is 2.30. The monoisotopic (exact) mass is 256 g/mol. The van der Waals surface area contributed by atoms with Gasteiger partial charge in [-0.15, -0.1) is 0 Å². The molecule has 0 aliphatic carbocycles. The van der Waals surface area contributed by atoms with Gasteiger partial charge in [-0.2, -0.15) is 4.31 Å². The molecule has 17 heavy (non-hydrogen) atoms. The van der Waals surface area contributed by atoms with Crippen LogP contribution in [-0.2, 0) is 10.0 Å². The number of phenolic OH excluding ortho intramolecular Hbond substituents is 1. The molecule has 1 aromatic rings. The Hall–Kier alpha value is -1.11. The number of hydrogen-bond donors (Lipinski definition) is 1. The van der Waals surface area contributed by atoms with Crippen molar-refractivity contribution in [3.63, 3.8) is 0 Å². The molecule has 1 saturated heterocycles. The van der Waals surface area contributed by atoms with Gasteiger partial charge in [-0.1, -0.05) is 0 Å². The molecule has 0 radical (unpaired) electrons. The molecule has 1 N–H and O–H groups in total. The molecule has 5 nitrogen and oxygen atoms in total. The molecule has 1 aliphatic heterocycles. The van der Waals surface area contributed by atoms with E-state index in [2.05, 4.69) is 4.90 Å². The van der Waals surface area contributed by atoms with E-state index in [4.69, 9.17) is 5.11 Å². The fourth-order valence-corrected chi connectivity index (χ4v) is 3.22. The largest absolute Gasteiger partial charge is 0.508 e. The first-order chi connectivity index (χ1) is 8.00. The van der Waals surface area contributed by atoms with Gasteiger partial charge in [0.1, 0.15) is 5.75 Å². The smallest absolute Gasteiger partial charge is 0.243 e. The van der Waals surface area contributed by atoms with Gasteiger partial charge in [-0.25, -0.2) is 8.42 Å². The minimum absolute atomic E-state index is 0.0716. The number of nitrogens with zero attached hydrogens (tertiary/aromatic N) is 2. The van der Waals surface area contributed by atoms with Crippen LogP contribution in [0, 0.1) is 0 Å². The standard InChI is InChI=1S/C11H16N2O3S/c1-12-6-8-13(9-7-12)17(15,16)11-4-2-10(14)3-5-11/h2-5,14H,6-9H2,1H3. The van der Waals surface area contributed by atoms with Crippen LogP contribution in [0.25, 0.3) is 0 Å². The third-order valence-corrected chi connectivity index (χ3v) is 4.85. The fourth-order valence-electron chi connectivity index (χ4n) is 1.80. The van der Waals surface area contributed by atoms with E-state index in [1.165, 1.54) is 28.6 Å². The summed E-state index contributed by atoms with van der Waals surface area (Å²) in [7, 11) is -1.43. The van der Waals surface area contributed by atoms with E-state index in [9.17, 15) is 8.42 Å². The van der Waals surface area contributed by atoms with E-state index in [-0.39, 0.29) is 10.6 Å². The third-order valence-electron chi connectivity index (χ3n) is 2.94. The molecule has 0 unspecified atom stereocenters. The molecule has 0 spiro atoms. The van der Waals surface area contributed by atoms with Crippen molar-refractivity contribution in [2.75, 3.05) is 33.2 Å². The van der Waals surface area contributed by atoms with Crippen molar-refractivity contribution >= 4 is 10.0 Å². The van der Waals surface area contributed by atoms with Gasteiger partial charge >= 0.3 is 0 Å². The van der Waals surface area contributed by atoms with E-state index >= 15 is 0 Å². The van der Waals surface area contributed by atoms with Crippen LogP contribution >= 0.6 is 0 Å². The first-order valence-electron chi connectivity index (χ1n) is 5.48. The normalized spacial score (nSPS) is 19.4. The Balaban J connectivity index is 2.21. The van der Waals surface area contributed by atoms with Gasteiger partial charge in [-0.3, -0.25) is 0 Å². The second kappa shape index (κ2) is 4.64. The number of rotatable bonds is 2. The Labute approximate surface area is 101 Å². The molecule has 0 saturated carbocycles. The van der Waals surface area contributed by atoms with E-state index < -0.39 is 10.0 Å². The molecule has 1 aromatic carbocycles. The van der Waals surface area contributed by atoms with Crippen molar-refractivity contribution in [2.45, 2.75) is 4.90 Å². The van der Waals surface area contributed by atoms with Gasteiger partial charge in [0.2, 0.25) is 10.0 Å². The van der Waals surface area contributed by atoms with Gasteiger partial charge in [0.05, 0.1) is 4.90 Å². The lowest BCUT2D eigenvalue weighted by atomic mass is 10.3. The van der Waals surface area contributed by atoms with Crippen LogP contribution < -0.4 is 0 Å². The second-order valence-electron chi connectivity index (χ2n) is 4.20. The SMILES string of the molecule is CN1CCN(S(=O)(=O)c2ccc(O)cc2)CC1. The molecule has 0 amide bonds. The Kier molecular flexibility index (Phi) is 3.37. The molecule has 1 fully saturated rings. The maximum absolute atomic E-state index is 12.2. The zero-order chi connectivity index (χ0) is 12.5. The van der Waals surface area contributed by atoms with Crippen LogP contribution in [0.3, 0.4) is 0 Å². The number of aromatic hydroxyl groups is 1. The van der Waals surface area contributed by atoms with E-state index in [0.29, 0.717) is 13.1 Å². The van der Waals surface area contributed by atoms with E-state index in [0.717, 1.165) is 13.1 Å². The van der Waals surface area contributed by atoms with E-state index in [1.54, 1.807) is 0 Å². The fraction of sp³-hybridized carbons (Fsp3) is 0.455. The lowest BCUT2D eigenvalue weighted by molar-refractivity contribution is 0.222. The lowest BCUT2D eigenvalue weighted by Crippen LogP contribution is -2.46. The van der Waals surface area contributed by atoms with Gasteiger partial charge in [0, 0.05) is 26.2 Å². The number of phenols is 1. The van der Waals surface area contributed by atoms with Crippen LogP contribution in [0.15, 0.2) is 29.2 Å². The van der Waals surface area contributed by atoms with Crippen molar-refractivity contribution < 1.29 is 13.5 Å². The highest BCUT2D eigenvalue weighted by atomic mass is 32.2. The average molecular weight is 256 g/mol. The van der Waals surface area contributed by atoms with Crippen LogP contribution in [0.1, 0.15) is 0 Å². The number of piperazine rings is 1. The number of benzene rings is 1. The Bertz CT molecular complexity index is 476. The summed E-state index contributed by atoms with van der Waals surface area (Å²) in [6.45, 7) is 2.52. The molecular weight excluding hydrogens is 240 g/mol. The predicted molar refractivity (Wildman–Crippen MR) is 64.4 cm³/mol. The minimum Gasteiger partial charge on any atom is -0.508 e. The molecular formula is C11H16N2O3S. The summed E-state index contributed by atoms with van der Waals surface area (Å²) in [5.41, 5.74) is 0. The number of hydrogen-bond acceptors (Lipinski definition) is 4. The van der Waals surface area contributed by atoms with Crippen LogP contribution in [0.2, 0.25) is 0 Å². The Morgan fingerprint density at radius 2 is 1.59 bits per heavy atom. The van der Waals surface area contributed by atoms with Crippen molar-refractivity contribution in [1.82, 2.24) is 9.21 Å². The van der Waals surface area contributed by atoms with Crippen LogP contribution in [0.4, 0.5) is 0 Å². The van der Waals surface area contributed by atoms with Crippen LogP contribution in [-0.4, -0.2) is 56.0 Å². The van der Waals surface area contributed by atoms with Crippen molar-refractivity contribution in [1.29, 1.82) is 0 Å². The predicted octanol–water partition coefficient (Wildman–Crippen LogP) is 0.328. The summed E-state index contributed by atoms with van der Waals surface area (Å²) in [5.74, 6) is 0.0716. The van der Waals surface area contributed by atoms with Crippen molar-refractivity contribution in [3.05, 3.63) is 24.3 Å². The summed E-state index contributed by atoms with van der Waals surface area (Å²) in [6.07, 6.45) is 0. The zero-order valence-corrected chi connectivity index (χ0v) is 10.5. The van der Waals surface area contributed by atoms with Gasteiger partial charge < -0.3 is 10.0 Å². The first kappa shape index (κ1) is 12.3. The molecule has 94 valence electrons. The van der Waals surface area contributed by atoms with Gasteiger partial charge in [0.25, 0.3) is 0 Å². The summed E-state index contributed by atoms with van der Waals surface area (Å²) in [5, 5.41) is 9.15. The summed E-state index contributed by atoms with van der Waals surface area (Å²) in [4.78, 5) is 2.34. The quantitative estimate of drug-likeness (QED) is 0.828. The Morgan fingerprint density at radius 1 is 1.06 bits per heavy atom. The third kappa shape index (κ3) is 2.59. The first-order valence-corrected chi connectivity index (χ1v) is 6.92. The maximum Gasteiger partial charge on any atom is 0.243 e. The van der Waals surface area contributed by atoms with Crippen molar-refractivity contribution in [3.8, 4) is 5.75 Å². The molecule has 0 aromatic heterocycles. The summed E-state index contributed by atoms with van der Waals surface area (Å²) >= 11 is 0. The summed E-state index contributed by atoms with van der Waals surface area (Å²) < 4.78 is 25.9. The highest BCUT2D eigenvalue weighted by Gasteiger charge is 2.27. The molecule has 1 heterocycles. The minimum atomic E-state index is -3.41. The van der Waals surface area contributed by atoms with E-state index in [1.807, 2.05) is 7.05 Å².